The van der Waals surface area contributed by atoms with Crippen LogP contribution in [0, 0.1) is 0 Å². The molecule has 0 bridgehead atoms. The number of unbranched alkanes of at least 4 members (excludes halogenated alkanes) is 7. The van der Waals surface area contributed by atoms with Crippen LogP contribution in [0.3, 0.4) is 0 Å². The first-order chi connectivity index (χ1) is 8.81. The fourth-order valence-corrected chi connectivity index (χ4v) is 1.72. The molecule has 0 unspecified atom stereocenters. The van der Waals surface area contributed by atoms with Crippen LogP contribution in [0.15, 0.2) is 24.3 Å². The van der Waals surface area contributed by atoms with Crippen molar-refractivity contribution in [1.82, 2.24) is 0 Å². The summed E-state index contributed by atoms with van der Waals surface area (Å²) in [6, 6.07) is 0. The number of carbonyl (C=O) groups is 1. The molecule has 0 N–H and O–H groups in total. The molecule has 0 aromatic heterocycles. The van der Waals surface area contributed by atoms with Gasteiger partial charge in [-0.1, -0.05) is 63.7 Å². The summed E-state index contributed by atoms with van der Waals surface area (Å²) in [5, 5.41) is 0. The van der Waals surface area contributed by atoms with Gasteiger partial charge in [0.05, 0.1) is 0 Å². The Bertz CT molecular complexity index is 241. The fraction of sp³-hybridized carbons (Fsp3) is 0.688. The van der Waals surface area contributed by atoms with E-state index in [0.717, 1.165) is 6.42 Å². The molecule has 2 heteroatoms. The Morgan fingerprint density at radius 1 is 1.00 bits per heavy atom. The molecule has 0 heterocycles. The molecule has 0 aliphatic rings. The van der Waals surface area contributed by atoms with E-state index in [9.17, 15) is 4.79 Å². The van der Waals surface area contributed by atoms with Crippen LogP contribution < -0.4 is 0 Å². The number of rotatable bonds is 11. The average Bonchev–Trinajstić information content (AvgIpc) is 2.36. The summed E-state index contributed by atoms with van der Waals surface area (Å²) < 4.78 is 4.94. The van der Waals surface area contributed by atoms with Gasteiger partial charge in [-0.2, -0.15) is 0 Å². The third-order valence-corrected chi connectivity index (χ3v) is 2.77. The molecular weight excluding hydrogens is 224 g/mol. The van der Waals surface area contributed by atoms with Crippen LogP contribution in [0.25, 0.3) is 0 Å². The Morgan fingerprint density at radius 3 is 2.33 bits per heavy atom. The van der Waals surface area contributed by atoms with Gasteiger partial charge < -0.3 is 4.74 Å². The van der Waals surface area contributed by atoms with Crippen LogP contribution in [0.1, 0.15) is 65.2 Å². The molecule has 0 saturated heterocycles. The molecule has 0 fully saturated rings. The summed E-state index contributed by atoms with van der Waals surface area (Å²) in [5.74, 6) is -0.266. The zero-order valence-electron chi connectivity index (χ0n) is 12.0. The first-order valence-electron chi connectivity index (χ1n) is 7.25. The molecule has 0 amide bonds. The summed E-state index contributed by atoms with van der Waals surface area (Å²) in [6.07, 6.45) is 17.6. The first-order valence-corrected chi connectivity index (χ1v) is 7.25. The maximum atomic E-state index is 11.0. The largest absolute Gasteiger partial charge is 0.458 e. The number of ether oxygens (including phenoxy) is 1. The number of carbonyl (C=O) groups excluding carboxylic acids is 1. The second-order valence-electron chi connectivity index (χ2n) is 4.51. The second-order valence-corrected chi connectivity index (χ2v) is 4.51. The summed E-state index contributed by atoms with van der Waals surface area (Å²) in [6.45, 7) is 4.44. The highest BCUT2D eigenvalue weighted by atomic mass is 16.5. The lowest BCUT2D eigenvalue weighted by molar-refractivity contribution is -0.136. The quantitative estimate of drug-likeness (QED) is 0.228. The molecule has 0 aliphatic carbocycles. The van der Waals surface area contributed by atoms with Gasteiger partial charge in [0, 0.05) is 6.08 Å². The summed E-state index contributed by atoms with van der Waals surface area (Å²) in [4.78, 5) is 11.0. The van der Waals surface area contributed by atoms with Crippen LogP contribution in [0.4, 0.5) is 0 Å². The Balaban J connectivity index is 3.21. The summed E-state index contributed by atoms with van der Waals surface area (Å²) in [5.41, 5.74) is 0. The number of hydrogen-bond donors (Lipinski definition) is 0. The highest BCUT2D eigenvalue weighted by Gasteiger charge is 1.92. The van der Waals surface area contributed by atoms with Gasteiger partial charge in [0.2, 0.25) is 0 Å². The minimum Gasteiger partial charge on any atom is -0.458 e. The highest BCUT2D eigenvalue weighted by molar-refractivity contribution is 5.81. The molecule has 18 heavy (non-hydrogen) atoms. The van der Waals surface area contributed by atoms with E-state index < -0.39 is 0 Å². The third-order valence-electron chi connectivity index (χ3n) is 2.77. The lowest BCUT2D eigenvalue weighted by Gasteiger charge is -1.99. The highest BCUT2D eigenvalue weighted by Crippen LogP contribution is 2.08. The molecule has 0 saturated carbocycles. The van der Waals surface area contributed by atoms with Crippen LogP contribution in [-0.2, 0) is 9.53 Å². The zero-order chi connectivity index (χ0) is 13.5. The molecule has 0 atom stereocenters. The molecule has 104 valence electrons. The predicted octanol–water partition coefficient (Wildman–Crippen LogP) is 4.80. The molecule has 0 spiro atoms. The maximum Gasteiger partial charge on any atom is 0.330 e. The van der Waals surface area contributed by atoms with Crippen molar-refractivity contribution in [2.24, 2.45) is 0 Å². The van der Waals surface area contributed by atoms with Crippen molar-refractivity contribution in [3.05, 3.63) is 24.3 Å². The monoisotopic (exact) mass is 252 g/mol. The molecule has 0 radical (unpaired) electrons. The standard InChI is InChI=1S/C16H28O2/c1-3-5-6-7-8-9-10-11-12-13-15-18-16(17)14-4-2/h4,12-14H,3,5-11,15H2,1-2H3. The van der Waals surface area contributed by atoms with Crippen molar-refractivity contribution in [2.45, 2.75) is 65.2 Å². The third kappa shape index (κ3) is 13.0. The lowest BCUT2D eigenvalue weighted by Crippen LogP contribution is -1.99. The Labute approximate surface area is 112 Å². The van der Waals surface area contributed by atoms with Crippen LogP contribution in [-0.4, -0.2) is 12.6 Å². The van der Waals surface area contributed by atoms with Crippen molar-refractivity contribution in [1.29, 1.82) is 0 Å². The molecule has 0 aliphatic heterocycles. The molecule has 0 aromatic rings. The fourth-order valence-electron chi connectivity index (χ4n) is 1.72. The molecule has 2 nitrogen and oxygen atoms in total. The topological polar surface area (TPSA) is 26.3 Å². The van der Waals surface area contributed by atoms with Crippen molar-refractivity contribution < 1.29 is 9.53 Å². The zero-order valence-corrected chi connectivity index (χ0v) is 12.0. The lowest BCUT2D eigenvalue weighted by atomic mass is 10.1. The van der Waals surface area contributed by atoms with Gasteiger partial charge in [0.15, 0.2) is 0 Å². The van der Waals surface area contributed by atoms with Crippen molar-refractivity contribution in [3.63, 3.8) is 0 Å². The van der Waals surface area contributed by atoms with Gasteiger partial charge >= 0.3 is 5.97 Å². The van der Waals surface area contributed by atoms with E-state index in [1.165, 1.54) is 51.0 Å². The van der Waals surface area contributed by atoms with Gasteiger partial charge in [-0.25, -0.2) is 4.79 Å². The van der Waals surface area contributed by atoms with Gasteiger partial charge in [0.1, 0.15) is 6.61 Å². The maximum absolute atomic E-state index is 11.0. The Kier molecular flexibility index (Phi) is 13.2. The van der Waals surface area contributed by atoms with Crippen molar-refractivity contribution >= 4 is 5.97 Å². The van der Waals surface area contributed by atoms with Crippen molar-refractivity contribution in [3.8, 4) is 0 Å². The first kappa shape index (κ1) is 16.9. The van der Waals surface area contributed by atoms with E-state index in [2.05, 4.69) is 13.0 Å². The van der Waals surface area contributed by atoms with Gasteiger partial charge in [-0.15, -0.1) is 0 Å². The predicted molar refractivity (Wildman–Crippen MR) is 77.5 cm³/mol. The summed E-state index contributed by atoms with van der Waals surface area (Å²) in [7, 11) is 0. The normalized spacial score (nSPS) is 11.4. The van der Waals surface area contributed by atoms with E-state index >= 15 is 0 Å². The molecule has 0 rings (SSSR count). The van der Waals surface area contributed by atoms with E-state index in [0.29, 0.717) is 6.61 Å². The van der Waals surface area contributed by atoms with Crippen LogP contribution >= 0.6 is 0 Å². The minimum absolute atomic E-state index is 0.266. The Hall–Kier alpha value is -1.05. The average molecular weight is 252 g/mol. The van der Waals surface area contributed by atoms with E-state index in [-0.39, 0.29) is 5.97 Å². The Morgan fingerprint density at radius 2 is 1.67 bits per heavy atom. The molecule has 0 aromatic carbocycles. The van der Waals surface area contributed by atoms with E-state index in [1.54, 1.807) is 13.0 Å². The second kappa shape index (κ2) is 14.0. The van der Waals surface area contributed by atoms with Crippen LogP contribution in [0.2, 0.25) is 0 Å². The van der Waals surface area contributed by atoms with Crippen LogP contribution in [0.5, 0.6) is 0 Å². The van der Waals surface area contributed by atoms with Crippen molar-refractivity contribution in [2.75, 3.05) is 6.61 Å². The summed E-state index contributed by atoms with van der Waals surface area (Å²) >= 11 is 0. The van der Waals surface area contributed by atoms with Gasteiger partial charge in [0.25, 0.3) is 0 Å². The molecular formula is C16H28O2. The van der Waals surface area contributed by atoms with E-state index in [4.69, 9.17) is 4.74 Å². The minimum atomic E-state index is -0.266. The number of allylic oxidation sites excluding steroid dienone is 2. The number of hydrogen-bond acceptors (Lipinski definition) is 2. The van der Waals surface area contributed by atoms with Gasteiger partial charge in [-0.3, -0.25) is 0 Å². The SMILES string of the molecule is CC=CC(=O)OCC=CCCCCCCCCC. The van der Waals surface area contributed by atoms with Gasteiger partial charge in [-0.05, 0) is 19.8 Å². The van der Waals surface area contributed by atoms with E-state index in [1.807, 2.05) is 6.08 Å². The smallest absolute Gasteiger partial charge is 0.330 e. The number of esters is 1.